The van der Waals surface area contributed by atoms with E-state index in [4.69, 9.17) is 0 Å². The van der Waals surface area contributed by atoms with Gasteiger partial charge in [0, 0.05) is 11.8 Å². The lowest BCUT2D eigenvalue weighted by Gasteiger charge is -2.06. The number of aryl methyl sites for hydroxylation is 1. The van der Waals surface area contributed by atoms with Crippen molar-refractivity contribution in [3.05, 3.63) is 33.1 Å². The summed E-state index contributed by atoms with van der Waals surface area (Å²) in [6.07, 6.45) is 1.66. The van der Waals surface area contributed by atoms with Crippen molar-refractivity contribution in [2.45, 2.75) is 13.5 Å². The summed E-state index contributed by atoms with van der Waals surface area (Å²) in [7, 11) is 0. The molecule has 1 aromatic rings. The van der Waals surface area contributed by atoms with Crippen LogP contribution in [0.15, 0.2) is 6.20 Å². The van der Waals surface area contributed by atoms with Gasteiger partial charge in [0.25, 0.3) is 5.09 Å². The van der Waals surface area contributed by atoms with Crippen molar-refractivity contribution in [3.8, 4) is 5.75 Å². The van der Waals surface area contributed by atoms with Gasteiger partial charge in [-0.25, -0.2) is 0 Å². The zero-order valence-electron chi connectivity index (χ0n) is 7.84. The molecule has 1 heterocycles. The fraction of sp³-hybridized carbons (Fsp3) is 0.250. The van der Waals surface area contributed by atoms with E-state index in [2.05, 4.69) is 9.82 Å². The van der Waals surface area contributed by atoms with Crippen molar-refractivity contribution < 1.29 is 19.8 Å². The summed E-state index contributed by atoms with van der Waals surface area (Å²) in [6, 6.07) is 0. The molecule has 0 radical (unpaired) electrons. The molecule has 0 aliphatic rings. The SMILES string of the molecule is Cc1ncc(CO[N+](=O)[O-])c(C=O)c1O. The van der Waals surface area contributed by atoms with E-state index in [0.717, 1.165) is 0 Å². The molecule has 0 saturated carbocycles. The van der Waals surface area contributed by atoms with Crippen LogP contribution in [0.1, 0.15) is 21.6 Å². The molecule has 0 aliphatic carbocycles. The molecule has 0 spiro atoms. The van der Waals surface area contributed by atoms with Gasteiger partial charge in [-0.3, -0.25) is 9.78 Å². The molecule has 0 unspecified atom stereocenters. The normalized spacial score (nSPS) is 9.67. The van der Waals surface area contributed by atoms with Gasteiger partial charge < -0.3 is 9.94 Å². The van der Waals surface area contributed by atoms with Crippen LogP contribution in [0.5, 0.6) is 5.75 Å². The molecule has 0 saturated heterocycles. The Labute approximate surface area is 84.4 Å². The summed E-state index contributed by atoms with van der Waals surface area (Å²) in [5.74, 6) is -0.283. The number of hydrogen-bond donors (Lipinski definition) is 1. The van der Waals surface area contributed by atoms with E-state index in [0.29, 0.717) is 6.29 Å². The molecular weight excluding hydrogens is 204 g/mol. The number of carbonyl (C=O) groups excluding carboxylic acids is 1. The van der Waals surface area contributed by atoms with Gasteiger partial charge in [-0.05, 0) is 6.92 Å². The molecule has 0 atom stereocenters. The molecule has 0 fully saturated rings. The summed E-state index contributed by atoms with van der Waals surface area (Å²) >= 11 is 0. The Morgan fingerprint density at radius 3 is 2.93 bits per heavy atom. The van der Waals surface area contributed by atoms with E-state index in [9.17, 15) is 20.0 Å². The molecule has 0 aliphatic heterocycles. The summed E-state index contributed by atoms with van der Waals surface area (Å²) in [5.41, 5.74) is 0.413. The minimum Gasteiger partial charge on any atom is -0.505 e. The molecule has 80 valence electrons. The minimum atomic E-state index is -0.981. The molecule has 1 rings (SSSR count). The van der Waals surface area contributed by atoms with Crippen LogP contribution in [0.25, 0.3) is 0 Å². The fourth-order valence-corrected chi connectivity index (χ4v) is 1.02. The molecular formula is C8H8N2O5. The molecule has 0 bridgehead atoms. The Morgan fingerprint density at radius 2 is 2.40 bits per heavy atom. The zero-order valence-corrected chi connectivity index (χ0v) is 7.84. The lowest BCUT2D eigenvalue weighted by Crippen LogP contribution is -2.04. The average Bonchev–Trinajstić information content (AvgIpc) is 2.19. The highest BCUT2D eigenvalue weighted by Gasteiger charge is 2.11. The first-order chi connectivity index (χ1) is 7.06. The van der Waals surface area contributed by atoms with Crippen molar-refractivity contribution in [1.29, 1.82) is 0 Å². The second-order valence-corrected chi connectivity index (χ2v) is 2.75. The third-order valence-corrected chi connectivity index (χ3v) is 1.80. The topological polar surface area (TPSA) is 103 Å². The summed E-state index contributed by atoms with van der Waals surface area (Å²) in [6.45, 7) is 1.10. The number of nitrogens with zero attached hydrogens (tertiary/aromatic N) is 2. The highest BCUT2D eigenvalue weighted by molar-refractivity contribution is 5.81. The van der Waals surface area contributed by atoms with Crippen molar-refractivity contribution in [1.82, 2.24) is 4.98 Å². The van der Waals surface area contributed by atoms with Crippen molar-refractivity contribution in [2.75, 3.05) is 0 Å². The largest absolute Gasteiger partial charge is 0.505 e. The standard InChI is InChI=1S/C8H8N2O5/c1-5-8(12)7(3-11)6(2-9-5)4-15-10(13)14/h2-3,12H,4H2,1H3. The van der Waals surface area contributed by atoms with Crippen LogP contribution < -0.4 is 0 Å². The molecule has 7 nitrogen and oxygen atoms in total. The number of aldehydes is 1. The van der Waals surface area contributed by atoms with Crippen molar-refractivity contribution >= 4 is 6.29 Å². The van der Waals surface area contributed by atoms with E-state index in [1.54, 1.807) is 0 Å². The Hall–Kier alpha value is -2.18. The van der Waals surface area contributed by atoms with Crippen molar-refractivity contribution in [2.24, 2.45) is 0 Å². The van der Waals surface area contributed by atoms with Crippen LogP contribution in [-0.4, -0.2) is 21.5 Å². The predicted molar refractivity (Wildman–Crippen MR) is 47.8 cm³/mol. The van der Waals surface area contributed by atoms with Crippen LogP contribution >= 0.6 is 0 Å². The first-order valence-corrected chi connectivity index (χ1v) is 3.96. The van der Waals surface area contributed by atoms with Gasteiger partial charge in [0.15, 0.2) is 6.29 Å². The van der Waals surface area contributed by atoms with E-state index in [-0.39, 0.29) is 22.6 Å². The Morgan fingerprint density at radius 1 is 1.73 bits per heavy atom. The van der Waals surface area contributed by atoms with Gasteiger partial charge in [0.2, 0.25) is 0 Å². The fourth-order valence-electron chi connectivity index (χ4n) is 1.02. The van der Waals surface area contributed by atoms with Gasteiger partial charge in [0.05, 0.1) is 11.3 Å². The quantitative estimate of drug-likeness (QED) is 0.445. The molecule has 1 aromatic heterocycles. The summed E-state index contributed by atoms with van der Waals surface area (Å²) < 4.78 is 0. The number of pyridine rings is 1. The lowest BCUT2D eigenvalue weighted by atomic mass is 10.1. The van der Waals surface area contributed by atoms with Gasteiger partial charge in [0.1, 0.15) is 12.4 Å². The number of rotatable bonds is 4. The first kappa shape index (κ1) is 10.9. The number of carbonyl (C=O) groups is 1. The molecule has 7 heteroatoms. The highest BCUT2D eigenvalue weighted by atomic mass is 16.9. The van der Waals surface area contributed by atoms with E-state index in [1.807, 2.05) is 0 Å². The van der Waals surface area contributed by atoms with Gasteiger partial charge in [-0.15, -0.1) is 10.1 Å². The van der Waals surface area contributed by atoms with E-state index >= 15 is 0 Å². The Balaban J connectivity index is 3.02. The third-order valence-electron chi connectivity index (χ3n) is 1.80. The molecule has 15 heavy (non-hydrogen) atoms. The monoisotopic (exact) mass is 212 g/mol. The number of aromatic nitrogens is 1. The second kappa shape index (κ2) is 4.36. The highest BCUT2D eigenvalue weighted by Crippen LogP contribution is 2.22. The third kappa shape index (κ3) is 2.39. The lowest BCUT2D eigenvalue weighted by molar-refractivity contribution is -0.763. The van der Waals surface area contributed by atoms with Gasteiger partial charge >= 0.3 is 0 Å². The maximum absolute atomic E-state index is 10.6. The minimum absolute atomic E-state index is 0.0376. The molecule has 0 amide bonds. The Kier molecular flexibility index (Phi) is 3.17. The number of aromatic hydroxyl groups is 1. The maximum atomic E-state index is 10.6. The van der Waals surface area contributed by atoms with Crippen LogP contribution in [0.2, 0.25) is 0 Å². The Bertz CT molecular complexity index is 404. The second-order valence-electron chi connectivity index (χ2n) is 2.75. The number of hydrogen-bond acceptors (Lipinski definition) is 6. The first-order valence-electron chi connectivity index (χ1n) is 3.96. The predicted octanol–water partition coefficient (Wildman–Crippen LogP) is 0.616. The van der Waals surface area contributed by atoms with Gasteiger partial charge in [-0.2, -0.15) is 0 Å². The maximum Gasteiger partial charge on any atom is 0.294 e. The molecule has 1 N–H and O–H groups in total. The summed E-state index contributed by atoms with van der Waals surface area (Å²) in [5, 5.41) is 18.4. The smallest absolute Gasteiger partial charge is 0.294 e. The van der Waals surface area contributed by atoms with E-state index < -0.39 is 11.7 Å². The van der Waals surface area contributed by atoms with Crippen LogP contribution in [0.3, 0.4) is 0 Å². The zero-order chi connectivity index (χ0) is 11.4. The van der Waals surface area contributed by atoms with Crippen molar-refractivity contribution in [3.63, 3.8) is 0 Å². The van der Waals surface area contributed by atoms with Crippen LogP contribution in [-0.2, 0) is 11.4 Å². The van der Waals surface area contributed by atoms with Crippen LogP contribution in [0, 0.1) is 17.0 Å². The van der Waals surface area contributed by atoms with Crippen LogP contribution in [0.4, 0.5) is 0 Å². The summed E-state index contributed by atoms with van der Waals surface area (Å²) in [4.78, 5) is 28.4. The van der Waals surface area contributed by atoms with E-state index in [1.165, 1.54) is 13.1 Å². The molecule has 0 aromatic carbocycles. The average molecular weight is 212 g/mol. The van der Waals surface area contributed by atoms with Gasteiger partial charge in [-0.1, -0.05) is 0 Å².